The van der Waals surface area contributed by atoms with E-state index in [-0.39, 0.29) is 23.0 Å². The fraction of sp³-hybridized carbons (Fsp3) is 0.583. The quantitative estimate of drug-likeness (QED) is 0.363. The number of ether oxygens (including phenoxy) is 1. The Labute approximate surface area is 229 Å². The van der Waals surface area contributed by atoms with Crippen LogP contribution < -0.4 is 10.6 Å². The second-order valence-corrected chi connectivity index (χ2v) is 10.7. The van der Waals surface area contributed by atoms with Crippen LogP contribution in [0.15, 0.2) is 23.1 Å². The zero-order chi connectivity index (χ0) is 29.7. The zero-order valence-electron chi connectivity index (χ0n) is 22.2. The maximum Gasteiger partial charge on any atom is 0.416 e. The van der Waals surface area contributed by atoms with Crippen LogP contribution in [0.5, 0.6) is 0 Å². The molecule has 12 nitrogen and oxygen atoms in total. The highest BCUT2D eigenvalue weighted by Gasteiger charge is 2.49. The van der Waals surface area contributed by atoms with Crippen molar-refractivity contribution in [2.75, 3.05) is 19.7 Å². The van der Waals surface area contributed by atoms with Gasteiger partial charge in [0.1, 0.15) is 5.69 Å². The molecule has 3 amide bonds. The SMILES string of the molecule is C[C@H](c1cnn2cc([C@H](COC(C)(C)C(F)(F)F)NC(=O)c3nonc3C3CC3)nc2c1)N1CC(F)(F)CNC1=O. The molecule has 41 heavy (non-hydrogen) atoms. The first kappa shape index (κ1) is 28.6. The number of alkyl halides is 5. The number of nitrogens with one attached hydrogen (secondary N) is 2. The molecule has 2 aliphatic rings. The summed E-state index contributed by atoms with van der Waals surface area (Å²) in [5.74, 6) is -3.83. The van der Waals surface area contributed by atoms with E-state index < -0.39 is 61.4 Å². The van der Waals surface area contributed by atoms with Crippen molar-refractivity contribution >= 4 is 17.6 Å². The van der Waals surface area contributed by atoms with E-state index in [4.69, 9.17) is 9.37 Å². The summed E-state index contributed by atoms with van der Waals surface area (Å²) in [7, 11) is 0. The number of halogens is 5. The van der Waals surface area contributed by atoms with Crippen LogP contribution in [0.4, 0.5) is 26.7 Å². The Balaban J connectivity index is 1.42. The Morgan fingerprint density at radius 2 is 2.02 bits per heavy atom. The highest BCUT2D eigenvalue weighted by Crippen LogP contribution is 2.40. The van der Waals surface area contributed by atoms with E-state index in [1.165, 1.54) is 23.0 Å². The van der Waals surface area contributed by atoms with Crippen LogP contribution in [0.2, 0.25) is 0 Å². The third-order valence-corrected chi connectivity index (χ3v) is 7.12. The molecular formula is C24H27F5N8O4. The van der Waals surface area contributed by atoms with Crippen molar-refractivity contribution in [1.29, 1.82) is 0 Å². The molecule has 0 aromatic carbocycles. The highest BCUT2D eigenvalue weighted by atomic mass is 19.4. The molecule has 2 atom stereocenters. The number of hydrogen-bond donors (Lipinski definition) is 2. The minimum atomic E-state index is -4.69. The van der Waals surface area contributed by atoms with E-state index in [9.17, 15) is 31.5 Å². The van der Waals surface area contributed by atoms with Gasteiger partial charge in [0.2, 0.25) is 0 Å². The van der Waals surface area contributed by atoms with Gasteiger partial charge in [0.15, 0.2) is 16.9 Å². The molecule has 0 unspecified atom stereocenters. The normalized spacial score (nSPS) is 19.2. The maximum absolute atomic E-state index is 13.9. The Kier molecular flexibility index (Phi) is 7.11. The number of urea groups is 1. The van der Waals surface area contributed by atoms with Crippen molar-refractivity contribution in [2.45, 2.75) is 69.3 Å². The summed E-state index contributed by atoms with van der Waals surface area (Å²) in [6.45, 7) is 1.11. The second kappa shape index (κ2) is 10.2. The van der Waals surface area contributed by atoms with E-state index >= 15 is 0 Å². The number of hydrogen-bond acceptors (Lipinski definition) is 8. The predicted octanol–water partition coefficient (Wildman–Crippen LogP) is 3.54. The van der Waals surface area contributed by atoms with Crippen molar-refractivity contribution < 1.29 is 40.9 Å². The van der Waals surface area contributed by atoms with Crippen molar-refractivity contribution in [2.24, 2.45) is 0 Å². The summed E-state index contributed by atoms with van der Waals surface area (Å²) < 4.78 is 79.6. The van der Waals surface area contributed by atoms with E-state index in [0.29, 0.717) is 11.3 Å². The Morgan fingerprint density at radius 3 is 2.71 bits per heavy atom. The van der Waals surface area contributed by atoms with E-state index in [1.807, 2.05) is 0 Å². The van der Waals surface area contributed by atoms with Crippen molar-refractivity contribution in [3.05, 3.63) is 41.1 Å². The van der Waals surface area contributed by atoms with Gasteiger partial charge in [-0.25, -0.2) is 27.7 Å². The van der Waals surface area contributed by atoms with Crippen molar-refractivity contribution in [3.63, 3.8) is 0 Å². The zero-order valence-corrected chi connectivity index (χ0v) is 22.2. The molecule has 4 heterocycles. The number of imidazole rings is 1. The molecule has 0 radical (unpaired) electrons. The first-order chi connectivity index (χ1) is 19.1. The molecule has 2 fully saturated rings. The van der Waals surface area contributed by atoms with E-state index in [2.05, 4.69) is 31.0 Å². The fourth-order valence-corrected chi connectivity index (χ4v) is 4.26. The van der Waals surface area contributed by atoms with E-state index in [0.717, 1.165) is 31.6 Å². The standard InChI is InChI=1S/C24H27F5N8O4/c1-12(36-11-23(25,26)10-30-21(36)39)14-6-17-32-15(8-37(17)31-7-14)16(9-40-22(2,3)24(27,28)29)33-20(38)19-18(13-4-5-13)34-41-35-19/h6-8,12-13,16H,4-5,9-11H2,1-3H3,(H,30,39)(H,33,38)/t12-,16+/m1/s1. The summed E-state index contributed by atoms with van der Waals surface area (Å²) in [4.78, 5) is 30.7. The number of fused-ring (bicyclic) bond motifs is 1. The molecule has 222 valence electrons. The monoisotopic (exact) mass is 586 g/mol. The third-order valence-electron chi connectivity index (χ3n) is 7.12. The first-order valence-electron chi connectivity index (χ1n) is 12.8. The van der Waals surface area contributed by atoms with Crippen LogP contribution in [-0.4, -0.2) is 79.1 Å². The minimum absolute atomic E-state index is 0.0163. The lowest BCUT2D eigenvalue weighted by Crippen LogP contribution is -2.57. The predicted molar refractivity (Wildman–Crippen MR) is 129 cm³/mol. The Hall–Kier alpha value is -3.89. The summed E-state index contributed by atoms with van der Waals surface area (Å²) >= 11 is 0. The van der Waals surface area contributed by atoms with Crippen LogP contribution in [0.3, 0.4) is 0 Å². The van der Waals surface area contributed by atoms with Crippen LogP contribution >= 0.6 is 0 Å². The molecule has 1 saturated heterocycles. The number of carbonyl (C=O) groups excluding carboxylic acids is 2. The summed E-state index contributed by atoms with van der Waals surface area (Å²) in [6.07, 6.45) is -0.334. The molecule has 0 bridgehead atoms. The lowest BCUT2D eigenvalue weighted by atomic mass is 10.1. The molecule has 3 aromatic heterocycles. The Bertz CT molecular complexity index is 1450. The Morgan fingerprint density at radius 1 is 1.29 bits per heavy atom. The van der Waals surface area contributed by atoms with Gasteiger partial charge in [-0.05, 0) is 50.4 Å². The molecule has 1 aliphatic carbocycles. The summed E-state index contributed by atoms with van der Waals surface area (Å²) in [5.41, 5.74) is -1.56. The average molecular weight is 587 g/mol. The smallest absolute Gasteiger partial charge is 0.364 e. The van der Waals surface area contributed by atoms with Gasteiger partial charge in [0.05, 0.1) is 49.9 Å². The molecule has 1 aliphatic heterocycles. The molecular weight excluding hydrogens is 559 g/mol. The number of aromatic nitrogens is 5. The second-order valence-electron chi connectivity index (χ2n) is 10.7. The number of amides is 3. The van der Waals surface area contributed by atoms with Crippen molar-refractivity contribution in [3.8, 4) is 0 Å². The molecule has 17 heteroatoms. The van der Waals surface area contributed by atoms with Crippen LogP contribution in [0, 0.1) is 0 Å². The maximum atomic E-state index is 13.9. The van der Waals surface area contributed by atoms with Gasteiger partial charge in [-0.1, -0.05) is 5.16 Å². The fourth-order valence-electron chi connectivity index (χ4n) is 4.26. The van der Waals surface area contributed by atoms with E-state index in [1.54, 1.807) is 6.92 Å². The van der Waals surface area contributed by atoms with Gasteiger partial charge < -0.3 is 20.3 Å². The number of carbonyl (C=O) groups is 2. The highest BCUT2D eigenvalue weighted by molar-refractivity contribution is 5.93. The minimum Gasteiger partial charge on any atom is -0.364 e. The van der Waals surface area contributed by atoms with Gasteiger partial charge in [0, 0.05) is 5.92 Å². The van der Waals surface area contributed by atoms with Gasteiger partial charge in [-0.2, -0.15) is 18.3 Å². The van der Waals surface area contributed by atoms with Gasteiger partial charge in [-0.3, -0.25) is 4.79 Å². The molecule has 0 spiro atoms. The van der Waals surface area contributed by atoms with Gasteiger partial charge in [0.25, 0.3) is 11.8 Å². The van der Waals surface area contributed by atoms with Crippen LogP contribution in [-0.2, 0) is 4.74 Å². The average Bonchev–Trinajstić information content (AvgIpc) is 3.46. The van der Waals surface area contributed by atoms with Gasteiger partial charge in [-0.15, -0.1) is 0 Å². The topological polar surface area (TPSA) is 140 Å². The molecule has 5 rings (SSSR count). The number of nitrogens with zero attached hydrogens (tertiary/aromatic N) is 6. The lowest BCUT2D eigenvalue weighted by molar-refractivity contribution is -0.265. The van der Waals surface area contributed by atoms with Crippen molar-refractivity contribution in [1.82, 2.24) is 40.4 Å². The molecule has 2 N–H and O–H groups in total. The van der Waals surface area contributed by atoms with Crippen LogP contribution in [0.1, 0.15) is 79.1 Å². The summed E-state index contributed by atoms with van der Waals surface area (Å²) in [6, 6.07) is -1.13. The largest absolute Gasteiger partial charge is 0.416 e. The molecule has 1 saturated carbocycles. The van der Waals surface area contributed by atoms with Crippen LogP contribution in [0.25, 0.3) is 5.65 Å². The first-order valence-corrected chi connectivity index (χ1v) is 12.8. The number of rotatable bonds is 9. The third kappa shape index (κ3) is 5.94. The summed E-state index contributed by atoms with van der Waals surface area (Å²) in [5, 5.41) is 16.4. The lowest BCUT2D eigenvalue weighted by Gasteiger charge is -2.36. The molecule has 3 aromatic rings. The van der Waals surface area contributed by atoms with Gasteiger partial charge >= 0.3 is 12.2 Å².